The van der Waals surface area contributed by atoms with E-state index >= 15 is 0 Å². The van der Waals surface area contributed by atoms with Gasteiger partial charge in [0.05, 0.1) is 0 Å². The van der Waals surface area contributed by atoms with Crippen molar-refractivity contribution in [3.63, 3.8) is 0 Å². The molecule has 3 atom stereocenters. The zero-order valence-electron chi connectivity index (χ0n) is 13.7. The van der Waals surface area contributed by atoms with Gasteiger partial charge < -0.3 is 21.5 Å². The Balaban J connectivity index is 0.000000446. The molecule has 7 heteroatoms. The molecule has 23 heavy (non-hydrogen) atoms. The minimum absolute atomic E-state index is 0.0428. The Kier molecular flexibility index (Phi) is 8.97. The summed E-state index contributed by atoms with van der Waals surface area (Å²) >= 11 is 0. The van der Waals surface area contributed by atoms with Gasteiger partial charge in [0.25, 0.3) is 0 Å². The Morgan fingerprint density at radius 1 is 1.48 bits per heavy atom. The van der Waals surface area contributed by atoms with Crippen LogP contribution in [0.15, 0.2) is 17.3 Å². The zero-order valence-corrected chi connectivity index (χ0v) is 13.7. The quantitative estimate of drug-likeness (QED) is 0.513. The van der Waals surface area contributed by atoms with Crippen LogP contribution in [-0.4, -0.2) is 48.4 Å². The van der Waals surface area contributed by atoms with Gasteiger partial charge in [0.2, 0.25) is 5.91 Å². The van der Waals surface area contributed by atoms with Gasteiger partial charge in [-0.15, -0.1) is 0 Å². The van der Waals surface area contributed by atoms with Crippen LogP contribution >= 0.6 is 0 Å². The first-order valence-corrected chi connectivity index (χ1v) is 8.18. The number of hydrogen-bond acceptors (Lipinski definition) is 5. The van der Waals surface area contributed by atoms with Gasteiger partial charge in [-0.2, -0.15) is 0 Å². The van der Waals surface area contributed by atoms with Gasteiger partial charge in [0.15, 0.2) is 0 Å². The number of nitrogens with zero attached hydrogens (tertiary/aromatic N) is 1. The molecular weight excluding hydrogens is 296 g/mol. The Labute approximate surface area is 137 Å². The smallest absolute Gasteiger partial charge is 0.320 e. The Morgan fingerprint density at radius 3 is 2.74 bits per heavy atom. The van der Waals surface area contributed by atoms with Crippen LogP contribution in [0.4, 0.5) is 0 Å². The standard InChI is InChI=1S/C12H21N3O3.C4H7N/c1-8-5-7-14-10(8)11(16)15-6-3-2-4-9(13)12(17)18;1-2-4-5-3-1/h7-10H,2-6,13H2,1H3,(H,15,16)(H,17,18);1,3,5H,2,4H2/t8-,9+,10-;/m1./s1. The molecule has 0 aliphatic carbocycles. The third-order valence-electron chi connectivity index (χ3n) is 3.80. The third-order valence-corrected chi connectivity index (χ3v) is 3.80. The SMILES string of the molecule is C1=CNCC1.C[C@@H]1CC=N[C@H]1C(=O)NCCCC[C@H](N)C(=O)O. The molecule has 1 amide bonds. The fraction of sp³-hybridized carbons (Fsp3) is 0.688. The first kappa shape index (κ1) is 19.2. The van der Waals surface area contributed by atoms with Crippen molar-refractivity contribution in [2.24, 2.45) is 16.6 Å². The number of aliphatic imine (C=N–C) groups is 1. The van der Waals surface area contributed by atoms with E-state index in [-0.39, 0.29) is 17.9 Å². The van der Waals surface area contributed by atoms with Gasteiger partial charge in [-0.25, -0.2) is 0 Å². The maximum atomic E-state index is 11.7. The van der Waals surface area contributed by atoms with Crippen molar-refractivity contribution in [2.75, 3.05) is 13.1 Å². The number of rotatable bonds is 7. The summed E-state index contributed by atoms with van der Waals surface area (Å²) < 4.78 is 0. The summed E-state index contributed by atoms with van der Waals surface area (Å²) in [5.41, 5.74) is 5.37. The molecule has 2 heterocycles. The highest BCUT2D eigenvalue weighted by Crippen LogP contribution is 2.16. The molecule has 0 fully saturated rings. The highest BCUT2D eigenvalue weighted by Gasteiger charge is 2.26. The van der Waals surface area contributed by atoms with Gasteiger partial charge in [0, 0.05) is 19.3 Å². The lowest BCUT2D eigenvalue weighted by Gasteiger charge is -2.13. The Bertz CT molecular complexity index is 431. The van der Waals surface area contributed by atoms with Gasteiger partial charge in [0.1, 0.15) is 12.1 Å². The van der Waals surface area contributed by atoms with Crippen LogP contribution < -0.4 is 16.4 Å². The number of carboxylic acid groups (broad SMARTS) is 1. The molecule has 5 N–H and O–H groups in total. The fourth-order valence-electron chi connectivity index (χ4n) is 2.29. The Hall–Kier alpha value is -1.89. The molecule has 0 radical (unpaired) electrons. The molecule has 0 aromatic rings. The summed E-state index contributed by atoms with van der Waals surface area (Å²) in [6, 6.07) is -1.06. The fourth-order valence-corrected chi connectivity index (χ4v) is 2.29. The molecule has 0 bridgehead atoms. The summed E-state index contributed by atoms with van der Waals surface area (Å²) in [6.45, 7) is 3.69. The number of nitrogens with two attached hydrogens (primary N) is 1. The van der Waals surface area contributed by atoms with Gasteiger partial charge >= 0.3 is 5.97 Å². The van der Waals surface area contributed by atoms with E-state index in [1.165, 1.54) is 6.42 Å². The lowest BCUT2D eigenvalue weighted by Crippen LogP contribution is -2.36. The van der Waals surface area contributed by atoms with Gasteiger partial charge in [-0.3, -0.25) is 14.6 Å². The number of carboxylic acids is 1. The Morgan fingerprint density at radius 2 is 2.26 bits per heavy atom. The van der Waals surface area contributed by atoms with Crippen molar-refractivity contribution < 1.29 is 14.7 Å². The number of carbonyl (C=O) groups excluding carboxylic acids is 1. The number of hydrogen-bond donors (Lipinski definition) is 4. The number of amides is 1. The van der Waals surface area contributed by atoms with Gasteiger partial charge in [-0.1, -0.05) is 13.0 Å². The second kappa shape index (κ2) is 10.8. The number of carbonyl (C=O) groups is 2. The van der Waals surface area contributed by atoms with E-state index in [2.05, 4.69) is 21.7 Å². The van der Waals surface area contributed by atoms with Crippen LogP contribution in [-0.2, 0) is 9.59 Å². The maximum Gasteiger partial charge on any atom is 0.320 e. The largest absolute Gasteiger partial charge is 0.480 e. The zero-order chi connectivity index (χ0) is 17.1. The molecule has 0 aromatic heterocycles. The topological polar surface area (TPSA) is 117 Å². The van der Waals surface area contributed by atoms with Crippen molar-refractivity contribution in [1.29, 1.82) is 0 Å². The minimum atomic E-state index is -0.979. The van der Waals surface area contributed by atoms with Crippen molar-refractivity contribution in [3.8, 4) is 0 Å². The summed E-state index contributed by atoms with van der Waals surface area (Å²) in [5, 5.41) is 14.4. The summed E-state index contributed by atoms with van der Waals surface area (Å²) in [4.78, 5) is 26.3. The van der Waals surface area contributed by atoms with E-state index in [1.54, 1.807) is 6.21 Å². The summed E-state index contributed by atoms with van der Waals surface area (Å²) in [7, 11) is 0. The van der Waals surface area contributed by atoms with Crippen LogP contribution in [0.5, 0.6) is 0 Å². The molecule has 7 nitrogen and oxygen atoms in total. The molecule has 0 unspecified atom stereocenters. The first-order chi connectivity index (χ1) is 11.0. The molecule has 0 saturated heterocycles. The van der Waals surface area contributed by atoms with Crippen LogP contribution in [0.3, 0.4) is 0 Å². The van der Waals surface area contributed by atoms with Gasteiger partial charge in [-0.05, 0) is 44.2 Å². The molecule has 0 spiro atoms. The summed E-state index contributed by atoms with van der Waals surface area (Å²) in [5.74, 6) is -0.752. The third kappa shape index (κ3) is 7.78. The molecule has 2 rings (SSSR count). The lowest BCUT2D eigenvalue weighted by atomic mass is 10.0. The van der Waals surface area contributed by atoms with Crippen molar-refractivity contribution in [2.45, 2.75) is 51.1 Å². The number of nitrogens with one attached hydrogen (secondary N) is 2. The minimum Gasteiger partial charge on any atom is -0.480 e. The van der Waals surface area contributed by atoms with Crippen LogP contribution in [0.2, 0.25) is 0 Å². The molecule has 2 aliphatic heterocycles. The summed E-state index contributed by atoms with van der Waals surface area (Å²) in [6.07, 6.45) is 9.82. The molecule has 130 valence electrons. The predicted molar refractivity (Wildman–Crippen MR) is 90.3 cm³/mol. The average molecular weight is 324 g/mol. The normalized spacial score (nSPS) is 22.9. The molecule has 2 aliphatic rings. The molecular formula is C16H28N4O3. The number of aliphatic carboxylic acids is 1. The highest BCUT2D eigenvalue weighted by atomic mass is 16.4. The van der Waals surface area contributed by atoms with Crippen LogP contribution in [0.25, 0.3) is 0 Å². The molecule has 0 aromatic carbocycles. The van der Waals surface area contributed by atoms with E-state index in [0.29, 0.717) is 19.4 Å². The van der Waals surface area contributed by atoms with E-state index in [9.17, 15) is 9.59 Å². The van der Waals surface area contributed by atoms with E-state index in [0.717, 1.165) is 19.4 Å². The van der Waals surface area contributed by atoms with Crippen molar-refractivity contribution >= 4 is 18.1 Å². The number of unbranched alkanes of at least 4 members (excludes halogenated alkanes) is 1. The van der Waals surface area contributed by atoms with E-state index < -0.39 is 12.0 Å². The van der Waals surface area contributed by atoms with E-state index in [4.69, 9.17) is 10.8 Å². The monoisotopic (exact) mass is 324 g/mol. The first-order valence-electron chi connectivity index (χ1n) is 8.18. The van der Waals surface area contributed by atoms with Crippen molar-refractivity contribution in [3.05, 3.63) is 12.3 Å². The van der Waals surface area contributed by atoms with Crippen LogP contribution in [0, 0.1) is 5.92 Å². The van der Waals surface area contributed by atoms with Crippen molar-refractivity contribution in [1.82, 2.24) is 10.6 Å². The highest BCUT2D eigenvalue weighted by molar-refractivity contribution is 5.85. The maximum absolute atomic E-state index is 11.7. The van der Waals surface area contributed by atoms with E-state index in [1.807, 2.05) is 13.1 Å². The second-order valence-electron chi connectivity index (χ2n) is 5.87. The molecule has 0 saturated carbocycles. The lowest BCUT2D eigenvalue weighted by molar-refractivity contribution is -0.138. The second-order valence-corrected chi connectivity index (χ2v) is 5.87. The average Bonchev–Trinajstić information content (AvgIpc) is 3.20. The predicted octanol–water partition coefficient (Wildman–Crippen LogP) is 0.657. The van der Waals surface area contributed by atoms with Crippen LogP contribution in [0.1, 0.15) is 39.0 Å².